The number of hydrogen-bond donors (Lipinski definition) is 0. The molecule has 0 spiro atoms. The van der Waals surface area contributed by atoms with Gasteiger partial charge in [-0.25, -0.2) is 0 Å². The van der Waals surface area contributed by atoms with Crippen molar-refractivity contribution >= 4 is 0 Å². The van der Waals surface area contributed by atoms with Gasteiger partial charge in [0.1, 0.15) is 0 Å². The molecule has 0 aromatic rings. The minimum absolute atomic E-state index is 0.711. The van der Waals surface area contributed by atoms with Gasteiger partial charge in [-0.2, -0.15) is 0 Å². The molecule has 1 heterocycles. The third kappa shape index (κ3) is 3.08. The minimum atomic E-state index is 0.711. The Bertz CT molecular complexity index is 171. The van der Waals surface area contributed by atoms with Crippen molar-refractivity contribution in [3.8, 4) is 0 Å². The molecule has 0 saturated carbocycles. The van der Waals surface area contributed by atoms with E-state index < -0.39 is 0 Å². The van der Waals surface area contributed by atoms with Crippen LogP contribution in [0.1, 0.15) is 13.8 Å². The van der Waals surface area contributed by atoms with Gasteiger partial charge in [0.15, 0.2) is 0 Å². The van der Waals surface area contributed by atoms with Gasteiger partial charge in [0.05, 0.1) is 0 Å². The highest BCUT2D eigenvalue weighted by molar-refractivity contribution is 5.15. The molecule has 0 radical (unpaired) electrons. The Labute approximate surface area is 68.7 Å². The van der Waals surface area contributed by atoms with E-state index in [1.54, 1.807) is 0 Å². The topological polar surface area (TPSA) is 3.24 Å². The highest BCUT2D eigenvalue weighted by Gasteiger charge is 1.97. The van der Waals surface area contributed by atoms with E-state index in [9.17, 15) is 0 Å². The Hall–Kier alpha value is -0.980. The summed E-state index contributed by atoms with van der Waals surface area (Å²) in [6.07, 6.45) is 12.4. The number of hydrogen-bond acceptors (Lipinski definition) is 1. The zero-order chi connectivity index (χ0) is 8.10. The monoisotopic (exact) mass is 149 g/mol. The molecule has 1 heteroatoms. The van der Waals surface area contributed by atoms with E-state index in [0.29, 0.717) is 5.92 Å². The van der Waals surface area contributed by atoms with Crippen LogP contribution in [-0.4, -0.2) is 11.4 Å². The summed E-state index contributed by atoms with van der Waals surface area (Å²) in [4.78, 5) is 2.20. The van der Waals surface area contributed by atoms with Crippen LogP contribution in [-0.2, 0) is 0 Å². The van der Waals surface area contributed by atoms with E-state index in [1.165, 1.54) is 0 Å². The molecule has 1 aliphatic rings. The average Bonchev–Trinajstić information content (AvgIpc) is 2.14. The molecule has 0 amide bonds. The van der Waals surface area contributed by atoms with Crippen LogP contribution in [0, 0.1) is 5.92 Å². The molecule has 0 N–H and O–H groups in total. The Morgan fingerprint density at radius 2 is 1.55 bits per heavy atom. The van der Waals surface area contributed by atoms with Gasteiger partial charge in [-0.3, -0.25) is 0 Å². The Morgan fingerprint density at radius 1 is 1.00 bits per heavy atom. The maximum Gasteiger partial charge on any atom is 0.0242 e. The molecule has 0 bridgehead atoms. The van der Waals surface area contributed by atoms with Gasteiger partial charge in [0, 0.05) is 18.9 Å². The molecular formula is C10H15N. The Morgan fingerprint density at radius 3 is 2.00 bits per heavy atom. The molecule has 0 aliphatic carbocycles. The van der Waals surface area contributed by atoms with E-state index in [2.05, 4.69) is 43.3 Å². The second kappa shape index (κ2) is 4.02. The lowest BCUT2D eigenvalue weighted by Crippen LogP contribution is -2.15. The largest absolute Gasteiger partial charge is 0.354 e. The number of allylic oxidation sites excluding steroid dienone is 4. The molecule has 1 nitrogen and oxygen atoms in total. The number of nitrogens with zero attached hydrogens (tertiary/aromatic N) is 1. The lowest BCUT2D eigenvalue weighted by Gasteiger charge is -2.16. The first kappa shape index (κ1) is 8.12. The molecule has 0 fully saturated rings. The van der Waals surface area contributed by atoms with E-state index >= 15 is 0 Å². The second-order valence-electron chi connectivity index (χ2n) is 3.16. The predicted octanol–water partition coefficient (Wildman–Crippen LogP) is 2.54. The Kier molecular flexibility index (Phi) is 2.96. The summed E-state index contributed by atoms with van der Waals surface area (Å²) < 4.78 is 0. The smallest absolute Gasteiger partial charge is 0.0242 e. The van der Waals surface area contributed by atoms with Crippen molar-refractivity contribution in [3.63, 3.8) is 0 Å². The van der Waals surface area contributed by atoms with Crippen LogP contribution in [0.2, 0.25) is 0 Å². The van der Waals surface area contributed by atoms with Crippen molar-refractivity contribution in [1.29, 1.82) is 0 Å². The van der Waals surface area contributed by atoms with Gasteiger partial charge in [0.25, 0.3) is 0 Å². The normalized spacial score (nSPS) is 16.1. The predicted molar refractivity (Wildman–Crippen MR) is 49.0 cm³/mol. The van der Waals surface area contributed by atoms with Gasteiger partial charge in [-0.15, -0.1) is 0 Å². The zero-order valence-electron chi connectivity index (χ0n) is 7.20. The van der Waals surface area contributed by atoms with Crippen LogP contribution >= 0.6 is 0 Å². The summed E-state index contributed by atoms with van der Waals surface area (Å²) in [5, 5.41) is 0. The summed E-state index contributed by atoms with van der Waals surface area (Å²) in [5.41, 5.74) is 0. The zero-order valence-corrected chi connectivity index (χ0v) is 7.20. The van der Waals surface area contributed by atoms with Crippen molar-refractivity contribution in [3.05, 3.63) is 36.7 Å². The van der Waals surface area contributed by atoms with Gasteiger partial charge in [-0.05, 0) is 18.1 Å². The average molecular weight is 149 g/mol. The molecule has 0 unspecified atom stereocenters. The van der Waals surface area contributed by atoms with Crippen LogP contribution in [0.25, 0.3) is 0 Å². The summed E-state index contributed by atoms with van der Waals surface area (Å²) in [7, 11) is 0. The van der Waals surface area contributed by atoms with E-state index in [1.807, 2.05) is 12.2 Å². The molecule has 0 aromatic carbocycles. The first-order valence-electron chi connectivity index (χ1n) is 4.06. The minimum Gasteiger partial charge on any atom is -0.354 e. The van der Waals surface area contributed by atoms with E-state index in [4.69, 9.17) is 0 Å². The lowest BCUT2D eigenvalue weighted by molar-refractivity contribution is 0.425. The molecule has 0 atom stereocenters. The van der Waals surface area contributed by atoms with E-state index in [0.717, 1.165) is 6.54 Å². The fraction of sp³-hybridized carbons (Fsp3) is 0.400. The van der Waals surface area contributed by atoms with Crippen LogP contribution in [0.5, 0.6) is 0 Å². The quantitative estimate of drug-likeness (QED) is 0.583. The van der Waals surface area contributed by atoms with Crippen LogP contribution in [0.15, 0.2) is 36.7 Å². The van der Waals surface area contributed by atoms with Crippen LogP contribution < -0.4 is 0 Å². The Balaban J connectivity index is 2.46. The summed E-state index contributed by atoms with van der Waals surface area (Å²) >= 11 is 0. The van der Waals surface area contributed by atoms with Crippen molar-refractivity contribution < 1.29 is 0 Å². The van der Waals surface area contributed by atoms with E-state index in [-0.39, 0.29) is 0 Å². The second-order valence-corrected chi connectivity index (χ2v) is 3.16. The maximum absolute atomic E-state index is 2.22. The number of rotatable bonds is 2. The van der Waals surface area contributed by atoms with Gasteiger partial charge in [0.2, 0.25) is 0 Å². The summed E-state index contributed by atoms with van der Waals surface area (Å²) in [5.74, 6) is 0.711. The maximum atomic E-state index is 2.22. The van der Waals surface area contributed by atoms with Gasteiger partial charge >= 0.3 is 0 Å². The van der Waals surface area contributed by atoms with Crippen LogP contribution in [0.4, 0.5) is 0 Å². The summed E-state index contributed by atoms with van der Waals surface area (Å²) in [6, 6.07) is 0. The molecule has 0 saturated heterocycles. The lowest BCUT2D eigenvalue weighted by atomic mass is 10.2. The van der Waals surface area contributed by atoms with Gasteiger partial charge in [-0.1, -0.05) is 26.0 Å². The fourth-order valence-electron chi connectivity index (χ4n) is 1.04. The van der Waals surface area contributed by atoms with Crippen molar-refractivity contribution in [2.75, 3.05) is 6.54 Å². The van der Waals surface area contributed by atoms with Crippen molar-refractivity contribution in [2.45, 2.75) is 13.8 Å². The summed E-state index contributed by atoms with van der Waals surface area (Å²) in [6.45, 7) is 5.54. The van der Waals surface area contributed by atoms with Crippen molar-refractivity contribution in [1.82, 2.24) is 4.90 Å². The first-order chi connectivity index (χ1) is 5.29. The fourth-order valence-corrected chi connectivity index (χ4v) is 1.04. The molecule has 1 aliphatic heterocycles. The van der Waals surface area contributed by atoms with Crippen LogP contribution in [0.3, 0.4) is 0 Å². The molecule has 1 rings (SSSR count). The highest BCUT2D eigenvalue weighted by atomic mass is 15.1. The molecular weight excluding hydrogens is 134 g/mol. The van der Waals surface area contributed by atoms with Gasteiger partial charge < -0.3 is 4.90 Å². The SMILES string of the molecule is CC(C)CN1C=CC=CC=C1. The standard InChI is InChI=1S/C10H15N/c1-10(2)9-11-7-5-3-4-6-8-11/h3-8,10H,9H2,1-2H3. The third-order valence-electron chi connectivity index (χ3n) is 1.46. The third-order valence-corrected chi connectivity index (χ3v) is 1.46. The molecule has 11 heavy (non-hydrogen) atoms. The molecule has 0 aromatic heterocycles. The first-order valence-corrected chi connectivity index (χ1v) is 4.06. The highest BCUT2D eigenvalue weighted by Crippen LogP contribution is 2.02. The molecule has 60 valence electrons. The van der Waals surface area contributed by atoms with Crippen molar-refractivity contribution in [2.24, 2.45) is 5.92 Å².